The van der Waals surface area contributed by atoms with Crippen LogP contribution in [0.1, 0.15) is 12.8 Å². The van der Waals surface area contributed by atoms with E-state index in [-0.39, 0.29) is 18.2 Å². The van der Waals surface area contributed by atoms with Crippen molar-refractivity contribution in [3.8, 4) is 0 Å². The summed E-state index contributed by atoms with van der Waals surface area (Å²) in [6.45, 7) is 0. The van der Waals surface area contributed by atoms with Gasteiger partial charge in [-0.1, -0.05) is 6.07 Å². The fourth-order valence-corrected chi connectivity index (χ4v) is 1.59. The molecule has 0 aliphatic heterocycles. The molecule has 2 nitrogen and oxygen atoms in total. The largest absolute Gasteiger partial charge is 0.382 e. The maximum atomic E-state index is 12.8. The molecule has 1 aromatic carbocycles. The van der Waals surface area contributed by atoms with Gasteiger partial charge in [-0.05, 0) is 31.0 Å². The lowest BCUT2D eigenvalue weighted by atomic mass is 9.87. The summed E-state index contributed by atoms with van der Waals surface area (Å²) in [5, 5.41) is 3.23. The number of hydrogen-bond donors (Lipinski definition) is 2. The first-order valence-corrected chi connectivity index (χ1v) is 4.52. The van der Waals surface area contributed by atoms with Crippen LogP contribution in [0.5, 0.6) is 0 Å². The Hall–Kier alpha value is -0.800. The highest BCUT2D eigenvalue weighted by atomic mass is 35.5. The van der Waals surface area contributed by atoms with E-state index in [1.165, 1.54) is 12.1 Å². The molecular weight excluding hydrogens is 203 g/mol. The standard InChI is InChI=1S/C10H13FN2.ClH/c11-7-2-1-3-9(4-7)13-10-5-8(12)6-10;/h1-4,8,10,13H,5-6,12H2;1H/t8-,10+;. The van der Waals surface area contributed by atoms with Gasteiger partial charge in [-0.3, -0.25) is 0 Å². The second-order valence-corrected chi connectivity index (χ2v) is 3.58. The van der Waals surface area contributed by atoms with Gasteiger partial charge in [-0.25, -0.2) is 4.39 Å². The molecule has 0 radical (unpaired) electrons. The van der Waals surface area contributed by atoms with Crippen molar-refractivity contribution in [2.24, 2.45) is 5.73 Å². The molecule has 1 saturated carbocycles. The van der Waals surface area contributed by atoms with Gasteiger partial charge in [-0.2, -0.15) is 0 Å². The predicted octanol–water partition coefficient (Wildman–Crippen LogP) is 2.15. The van der Waals surface area contributed by atoms with Crippen LogP contribution in [0.4, 0.5) is 10.1 Å². The molecule has 0 atom stereocenters. The normalized spacial score (nSPS) is 24.7. The lowest BCUT2D eigenvalue weighted by Gasteiger charge is -2.33. The van der Waals surface area contributed by atoms with Crippen LogP contribution in [0.15, 0.2) is 24.3 Å². The maximum Gasteiger partial charge on any atom is 0.125 e. The Morgan fingerprint density at radius 2 is 2.07 bits per heavy atom. The van der Waals surface area contributed by atoms with Crippen LogP contribution in [0.3, 0.4) is 0 Å². The molecule has 14 heavy (non-hydrogen) atoms. The van der Waals surface area contributed by atoms with Gasteiger partial charge in [-0.15, -0.1) is 12.4 Å². The van der Waals surface area contributed by atoms with Crippen LogP contribution >= 0.6 is 12.4 Å². The van der Waals surface area contributed by atoms with Crippen LogP contribution in [0.25, 0.3) is 0 Å². The van der Waals surface area contributed by atoms with E-state index in [4.69, 9.17) is 5.73 Å². The third kappa shape index (κ3) is 2.59. The molecule has 0 unspecified atom stereocenters. The molecule has 1 fully saturated rings. The Labute approximate surface area is 89.1 Å². The summed E-state index contributed by atoms with van der Waals surface area (Å²) in [6, 6.07) is 7.27. The maximum absolute atomic E-state index is 12.8. The van der Waals surface area contributed by atoms with Gasteiger partial charge < -0.3 is 11.1 Å². The van der Waals surface area contributed by atoms with Gasteiger partial charge in [0.1, 0.15) is 5.82 Å². The van der Waals surface area contributed by atoms with E-state index in [0.717, 1.165) is 18.5 Å². The SMILES string of the molecule is Cl.N[C@H]1C[C@@H](Nc2cccc(F)c2)C1. The van der Waals surface area contributed by atoms with Crippen molar-refractivity contribution in [3.63, 3.8) is 0 Å². The van der Waals surface area contributed by atoms with Gasteiger partial charge in [0.05, 0.1) is 0 Å². The fraction of sp³-hybridized carbons (Fsp3) is 0.400. The molecule has 78 valence electrons. The Kier molecular flexibility index (Phi) is 3.72. The molecule has 0 heterocycles. The van der Waals surface area contributed by atoms with Crippen molar-refractivity contribution in [2.75, 3.05) is 5.32 Å². The molecule has 0 spiro atoms. The van der Waals surface area contributed by atoms with E-state index in [2.05, 4.69) is 5.32 Å². The zero-order valence-corrected chi connectivity index (χ0v) is 8.56. The average Bonchev–Trinajstić information content (AvgIpc) is 2.01. The molecule has 0 amide bonds. The fourth-order valence-electron chi connectivity index (χ4n) is 1.59. The topological polar surface area (TPSA) is 38.0 Å². The van der Waals surface area contributed by atoms with E-state index in [0.29, 0.717) is 12.1 Å². The van der Waals surface area contributed by atoms with Gasteiger partial charge in [0.15, 0.2) is 0 Å². The van der Waals surface area contributed by atoms with Gasteiger partial charge in [0.25, 0.3) is 0 Å². The van der Waals surface area contributed by atoms with Crippen molar-refractivity contribution < 1.29 is 4.39 Å². The molecule has 1 aliphatic rings. The summed E-state index contributed by atoms with van der Waals surface area (Å²) >= 11 is 0. The smallest absolute Gasteiger partial charge is 0.125 e. The van der Waals surface area contributed by atoms with E-state index >= 15 is 0 Å². The highest BCUT2D eigenvalue weighted by Gasteiger charge is 2.25. The molecule has 0 bridgehead atoms. The van der Waals surface area contributed by atoms with Gasteiger partial charge in [0, 0.05) is 17.8 Å². The lowest BCUT2D eigenvalue weighted by molar-refractivity contribution is 0.373. The molecule has 2 rings (SSSR count). The molecule has 1 aromatic rings. The zero-order valence-electron chi connectivity index (χ0n) is 7.74. The quantitative estimate of drug-likeness (QED) is 0.795. The molecule has 3 N–H and O–H groups in total. The Bertz CT molecular complexity index is 300. The van der Waals surface area contributed by atoms with Crippen molar-refractivity contribution in [3.05, 3.63) is 30.1 Å². The van der Waals surface area contributed by atoms with E-state index in [1.54, 1.807) is 6.07 Å². The van der Waals surface area contributed by atoms with Crippen molar-refractivity contribution >= 4 is 18.1 Å². The van der Waals surface area contributed by atoms with Crippen LogP contribution in [-0.4, -0.2) is 12.1 Å². The van der Waals surface area contributed by atoms with Gasteiger partial charge >= 0.3 is 0 Å². The highest BCUT2D eigenvalue weighted by molar-refractivity contribution is 5.85. The van der Waals surface area contributed by atoms with Crippen LogP contribution < -0.4 is 11.1 Å². The van der Waals surface area contributed by atoms with Crippen molar-refractivity contribution in [1.29, 1.82) is 0 Å². The van der Waals surface area contributed by atoms with Crippen LogP contribution in [-0.2, 0) is 0 Å². The Morgan fingerprint density at radius 3 is 2.64 bits per heavy atom. The number of benzene rings is 1. The van der Waals surface area contributed by atoms with Crippen LogP contribution in [0.2, 0.25) is 0 Å². The molecule has 4 heteroatoms. The zero-order chi connectivity index (χ0) is 9.26. The number of nitrogens with one attached hydrogen (secondary N) is 1. The highest BCUT2D eigenvalue weighted by Crippen LogP contribution is 2.22. The van der Waals surface area contributed by atoms with E-state index in [1.807, 2.05) is 6.07 Å². The summed E-state index contributed by atoms with van der Waals surface area (Å²) in [4.78, 5) is 0. The predicted molar refractivity (Wildman–Crippen MR) is 58.3 cm³/mol. The van der Waals surface area contributed by atoms with Crippen molar-refractivity contribution in [1.82, 2.24) is 0 Å². The number of rotatable bonds is 2. The molecule has 0 saturated heterocycles. The lowest BCUT2D eigenvalue weighted by Crippen LogP contribution is -2.44. The summed E-state index contributed by atoms with van der Waals surface area (Å²) in [5.74, 6) is -0.200. The second kappa shape index (κ2) is 4.62. The van der Waals surface area contributed by atoms with E-state index < -0.39 is 0 Å². The monoisotopic (exact) mass is 216 g/mol. The van der Waals surface area contributed by atoms with Crippen molar-refractivity contribution in [2.45, 2.75) is 24.9 Å². The second-order valence-electron chi connectivity index (χ2n) is 3.58. The third-order valence-corrected chi connectivity index (χ3v) is 2.37. The number of anilines is 1. The minimum Gasteiger partial charge on any atom is -0.382 e. The number of nitrogens with two attached hydrogens (primary N) is 1. The molecule has 1 aliphatic carbocycles. The first kappa shape index (κ1) is 11.3. The summed E-state index contributed by atoms with van der Waals surface area (Å²) in [5.41, 5.74) is 6.48. The summed E-state index contributed by atoms with van der Waals surface area (Å²) in [6.07, 6.45) is 1.97. The summed E-state index contributed by atoms with van der Waals surface area (Å²) < 4.78 is 12.8. The number of halogens is 2. The van der Waals surface area contributed by atoms with E-state index in [9.17, 15) is 4.39 Å². The third-order valence-electron chi connectivity index (χ3n) is 2.37. The molecular formula is C10H14ClFN2. The van der Waals surface area contributed by atoms with Crippen LogP contribution in [0, 0.1) is 5.82 Å². The molecule has 0 aromatic heterocycles. The number of hydrogen-bond acceptors (Lipinski definition) is 2. The first-order valence-electron chi connectivity index (χ1n) is 4.52. The summed E-state index contributed by atoms with van der Waals surface area (Å²) in [7, 11) is 0. The Morgan fingerprint density at radius 1 is 1.36 bits per heavy atom. The first-order chi connectivity index (χ1) is 6.24. The average molecular weight is 217 g/mol. The minimum absolute atomic E-state index is 0. The Balaban J connectivity index is 0.000000980. The van der Waals surface area contributed by atoms with Gasteiger partial charge in [0.2, 0.25) is 0 Å². The minimum atomic E-state index is -0.200.